The van der Waals surface area contributed by atoms with Gasteiger partial charge in [0.2, 0.25) is 0 Å². The Morgan fingerprint density at radius 2 is 1.61 bits per heavy atom. The molecule has 0 aliphatic rings. The van der Waals surface area contributed by atoms with Gasteiger partial charge >= 0.3 is 0 Å². The van der Waals surface area contributed by atoms with Crippen molar-refractivity contribution in [3.63, 3.8) is 0 Å². The van der Waals surface area contributed by atoms with Crippen molar-refractivity contribution < 1.29 is 23.4 Å². The number of rotatable bonds is 5. The van der Waals surface area contributed by atoms with E-state index in [4.69, 9.17) is 14.2 Å². The molecule has 0 aromatic heterocycles. The van der Waals surface area contributed by atoms with Gasteiger partial charge in [-0.25, -0.2) is 4.39 Å². The number of ether oxygens (including phenoxy) is 3. The first-order chi connectivity index (χ1) is 11.0. The summed E-state index contributed by atoms with van der Waals surface area (Å²) in [6.45, 7) is 0. The summed E-state index contributed by atoms with van der Waals surface area (Å²) < 4.78 is 30.0. The largest absolute Gasteiger partial charge is 0.496 e. The second-order valence-electron chi connectivity index (χ2n) is 4.49. The van der Waals surface area contributed by atoms with Gasteiger partial charge in [-0.15, -0.1) is 0 Å². The number of benzene rings is 2. The van der Waals surface area contributed by atoms with Crippen molar-refractivity contribution in [1.29, 1.82) is 0 Å². The number of carbonyl (C=O) groups is 1. The molecule has 0 saturated heterocycles. The molecule has 0 unspecified atom stereocenters. The number of methoxy groups -OCH3 is 3. The van der Waals surface area contributed by atoms with E-state index in [0.717, 1.165) is 0 Å². The maximum absolute atomic E-state index is 13.9. The van der Waals surface area contributed by atoms with Crippen molar-refractivity contribution in [3.05, 3.63) is 46.2 Å². The van der Waals surface area contributed by atoms with Crippen molar-refractivity contribution in [2.24, 2.45) is 0 Å². The molecule has 0 heterocycles. The highest BCUT2D eigenvalue weighted by molar-refractivity contribution is 9.10. The fraction of sp³-hybridized carbons (Fsp3) is 0.188. The van der Waals surface area contributed by atoms with Gasteiger partial charge in [0, 0.05) is 16.6 Å². The normalized spacial score (nSPS) is 10.1. The third-order valence-electron chi connectivity index (χ3n) is 3.13. The molecule has 1 amide bonds. The summed E-state index contributed by atoms with van der Waals surface area (Å²) in [6.07, 6.45) is 0. The molecule has 0 saturated carbocycles. The van der Waals surface area contributed by atoms with E-state index >= 15 is 0 Å². The lowest BCUT2D eigenvalue weighted by Gasteiger charge is -2.14. The van der Waals surface area contributed by atoms with Gasteiger partial charge in [-0.05, 0) is 18.2 Å². The van der Waals surface area contributed by atoms with Crippen molar-refractivity contribution in [2.45, 2.75) is 0 Å². The van der Waals surface area contributed by atoms with Crippen LogP contribution in [0.4, 0.5) is 10.1 Å². The first-order valence-corrected chi connectivity index (χ1v) is 7.35. The maximum Gasteiger partial charge on any atom is 0.259 e. The Labute approximate surface area is 141 Å². The molecule has 23 heavy (non-hydrogen) atoms. The Bertz CT molecular complexity index is 736. The lowest BCUT2D eigenvalue weighted by Crippen LogP contribution is -2.14. The Hall–Kier alpha value is -2.28. The van der Waals surface area contributed by atoms with Crippen molar-refractivity contribution in [2.75, 3.05) is 26.6 Å². The van der Waals surface area contributed by atoms with E-state index in [1.807, 2.05) is 0 Å². The van der Waals surface area contributed by atoms with Crippen molar-refractivity contribution >= 4 is 27.5 Å². The van der Waals surface area contributed by atoms with Gasteiger partial charge in [0.25, 0.3) is 5.91 Å². The van der Waals surface area contributed by atoms with Crippen LogP contribution < -0.4 is 19.5 Å². The number of amides is 1. The summed E-state index contributed by atoms with van der Waals surface area (Å²) >= 11 is 3.16. The van der Waals surface area contributed by atoms with Crippen LogP contribution in [-0.2, 0) is 0 Å². The van der Waals surface area contributed by atoms with Gasteiger partial charge < -0.3 is 19.5 Å². The average Bonchev–Trinajstić information content (AvgIpc) is 2.55. The number of hydrogen-bond donors (Lipinski definition) is 1. The third kappa shape index (κ3) is 3.73. The third-order valence-corrected chi connectivity index (χ3v) is 3.62. The lowest BCUT2D eigenvalue weighted by molar-refractivity contribution is 0.102. The summed E-state index contributed by atoms with van der Waals surface area (Å²) in [5, 5.41) is 2.51. The van der Waals surface area contributed by atoms with E-state index in [1.54, 1.807) is 6.07 Å². The minimum Gasteiger partial charge on any atom is -0.496 e. The quantitative estimate of drug-likeness (QED) is 0.851. The molecule has 122 valence electrons. The van der Waals surface area contributed by atoms with E-state index < -0.39 is 11.7 Å². The Balaban J connectivity index is 2.38. The molecule has 7 heteroatoms. The van der Waals surface area contributed by atoms with Crippen LogP contribution in [0, 0.1) is 5.82 Å². The fourth-order valence-corrected chi connectivity index (χ4v) is 2.32. The molecule has 0 atom stereocenters. The zero-order chi connectivity index (χ0) is 17.0. The Kier molecular flexibility index (Phi) is 5.44. The topological polar surface area (TPSA) is 56.8 Å². The standard InChI is InChI=1S/C16H15BrFNO4/c1-21-13-8-15(23-3)14(22-2)7-10(13)16(20)19-12-5-4-9(17)6-11(12)18/h4-8H,1-3H3,(H,19,20). The predicted octanol–water partition coefficient (Wildman–Crippen LogP) is 3.87. The van der Waals surface area contributed by atoms with Gasteiger partial charge in [-0.1, -0.05) is 15.9 Å². The molecule has 5 nitrogen and oxygen atoms in total. The zero-order valence-electron chi connectivity index (χ0n) is 12.8. The smallest absolute Gasteiger partial charge is 0.259 e. The fourth-order valence-electron chi connectivity index (χ4n) is 1.99. The highest BCUT2D eigenvalue weighted by Gasteiger charge is 2.18. The molecule has 0 spiro atoms. The molecule has 0 radical (unpaired) electrons. The van der Waals surface area contributed by atoms with E-state index in [9.17, 15) is 9.18 Å². The molecule has 2 aromatic rings. The number of halogens is 2. The average molecular weight is 384 g/mol. The van der Waals surface area contributed by atoms with Crippen LogP contribution >= 0.6 is 15.9 Å². The lowest BCUT2D eigenvalue weighted by atomic mass is 10.1. The molecular formula is C16H15BrFNO4. The highest BCUT2D eigenvalue weighted by atomic mass is 79.9. The van der Waals surface area contributed by atoms with Crippen LogP contribution in [0.25, 0.3) is 0 Å². The monoisotopic (exact) mass is 383 g/mol. The van der Waals surface area contributed by atoms with Crippen molar-refractivity contribution in [1.82, 2.24) is 0 Å². The number of nitrogens with one attached hydrogen (secondary N) is 1. The van der Waals surface area contributed by atoms with Crippen LogP contribution in [0.2, 0.25) is 0 Å². The summed E-state index contributed by atoms with van der Waals surface area (Å²) in [6, 6.07) is 7.37. The zero-order valence-corrected chi connectivity index (χ0v) is 14.4. The first-order valence-electron chi connectivity index (χ1n) is 6.56. The molecular weight excluding hydrogens is 369 g/mol. The second-order valence-corrected chi connectivity index (χ2v) is 5.40. The van der Waals surface area contributed by atoms with Crippen LogP contribution in [0.1, 0.15) is 10.4 Å². The Morgan fingerprint density at radius 1 is 1.00 bits per heavy atom. The molecule has 1 N–H and O–H groups in total. The van der Waals surface area contributed by atoms with Gasteiger partial charge in [-0.2, -0.15) is 0 Å². The maximum atomic E-state index is 13.9. The molecule has 0 aliphatic heterocycles. The van der Waals surface area contributed by atoms with E-state index in [-0.39, 0.29) is 17.0 Å². The molecule has 2 rings (SSSR count). The molecule has 0 bridgehead atoms. The summed E-state index contributed by atoms with van der Waals surface area (Å²) in [7, 11) is 4.37. The van der Waals surface area contributed by atoms with Crippen LogP contribution in [0.15, 0.2) is 34.8 Å². The predicted molar refractivity (Wildman–Crippen MR) is 88.2 cm³/mol. The van der Waals surface area contributed by atoms with Crippen LogP contribution in [-0.4, -0.2) is 27.2 Å². The number of carbonyl (C=O) groups excluding carboxylic acids is 1. The first kappa shape index (κ1) is 17.1. The molecule has 2 aromatic carbocycles. The molecule has 0 fully saturated rings. The van der Waals surface area contributed by atoms with Crippen LogP contribution in [0.5, 0.6) is 17.2 Å². The molecule has 0 aliphatic carbocycles. The van der Waals surface area contributed by atoms with E-state index in [0.29, 0.717) is 16.0 Å². The summed E-state index contributed by atoms with van der Waals surface area (Å²) in [5.74, 6) is 0.0133. The van der Waals surface area contributed by atoms with Crippen LogP contribution in [0.3, 0.4) is 0 Å². The minimum atomic E-state index is -0.549. The number of anilines is 1. The highest BCUT2D eigenvalue weighted by Crippen LogP contribution is 2.35. The van der Waals surface area contributed by atoms with Gasteiger partial charge in [0.05, 0.1) is 32.6 Å². The van der Waals surface area contributed by atoms with Gasteiger partial charge in [-0.3, -0.25) is 4.79 Å². The number of hydrogen-bond acceptors (Lipinski definition) is 4. The van der Waals surface area contributed by atoms with Crippen molar-refractivity contribution in [3.8, 4) is 17.2 Å². The van der Waals surface area contributed by atoms with E-state index in [1.165, 1.54) is 45.6 Å². The van der Waals surface area contributed by atoms with E-state index in [2.05, 4.69) is 21.2 Å². The Morgan fingerprint density at radius 3 is 2.17 bits per heavy atom. The second kappa shape index (κ2) is 7.32. The van der Waals surface area contributed by atoms with Gasteiger partial charge in [0.15, 0.2) is 11.5 Å². The van der Waals surface area contributed by atoms with Gasteiger partial charge in [0.1, 0.15) is 11.6 Å². The summed E-state index contributed by atoms with van der Waals surface area (Å²) in [4.78, 5) is 12.4. The SMILES string of the molecule is COc1cc(OC)c(C(=O)Nc2ccc(Br)cc2F)cc1OC. The minimum absolute atomic E-state index is 0.0648. The summed E-state index contributed by atoms with van der Waals surface area (Å²) in [5.41, 5.74) is 0.266.